The quantitative estimate of drug-likeness (QED) is 0.797. The highest BCUT2D eigenvalue weighted by Crippen LogP contribution is 2.17. The highest BCUT2D eigenvalue weighted by molar-refractivity contribution is 5.92. The van der Waals surface area contributed by atoms with Gasteiger partial charge in [-0.15, -0.1) is 0 Å². The Morgan fingerprint density at radius 1 is 1.22 bits per heavy atom. The predicted molar refractivity (Wildman–Crippen MR) is 80.6 cm³/mol. The van der Waals surface area contributed by atoms with Crippen LogP contribution in [0.5, 0.6) is 0 Å². The van der Waals surface area contributed by atoms with Crippen molar-refractivity contribution >= 4 is 17.5 Å². The van der Waals surface area contributed by atoms with Crippen LogP contribution in [-0.2, 0) is 4.74 Å². The SMILES string of the molecule is COCCNC(=O)c1cc(C)nc(Nc2ccc(F)c(F)c2)n1. The van der Waals surface area contributed by atoms with Gasteiger partial charge in [0.25, 0.3) is 5.91 Å². The monoisotopic (exact) mass is 322 g/mol. The number of halogens is 2. The van der Waals surface area contributed by atoms with E-state index in [1.165, 1.54) is 19.2 Å². The first kappa shape index (κ1) is 16.8. The van der Waals surface area contributed by atoms with Gasteiger partial charge in [-0.05, 0) is 25.1 Å². The zero-order valence-electron chi connectivity index (χ0n) is 12.7. The van der Waals surface area contributed by atoms with Gasteiger partial charge in [-0.1, -0.05) is 0 Å². The van der Waals surface area contributed by atoms with Gasteiger partial charge in [0.15, 0.2) is 11.6 Å². The summed E-state index contributed by atoms with van der Waals surface area (Å²) in [6, 6.07) is 4.85. The summed E-state index contributed by atoms with van der Waals surface area (Å²) >= 11 is 0. The number of aromatic nitrogens is 2. The van der Waals surface area contributed by atoms with Crippen LogP contribution < -0.4 is 10.6 Å². The molecule has 0 unspecified atom stereocenters. The second-order valence-corrected chi connectivity index (χ2v) is 4.72. The Balaban J connectivity index is 2.16. The van der Waals surface area contributed by atoms with E-state index in [2.05, 4.69) is 20.6 Å². The van der Waals surface area contributed by atoms with E-state index in [1.807, 2.05) is 0 Å². The molecule has 6 nitrogen and oxygen atoms in total. The number of nitrogens with zero attached hydrogens (tertiary/aromatic N) is 2. The summed E-state index contributed by atoms with van der Waals surface area (Å²) in [6.07, 6.45) is 0. The number of hydrogen-bond acceptors (Lipinski definition) is 5. The van der Waals surface area contributed by atoms with Gasteiger partial charge in [0.05, 0.1) is 6.61 Å². The smallest absolute Gasteiger partial charge is 0.270 e. The molecule has 0 saturated heterocycles. The number of ether oxygens (including phenoxy) is 1. The van der Waals surface area contributed by atoms with E-state index in [0.717, 1.165) is 12.1 Å². The van der Waals surface area contributed by atoms with Crippen LogP contribution in [0.1, 0.15) is 16.2 Å². The van der Waals surface area contributed by atoms with E-state index < -0.39 is 11.6 Å². The van der Waals surface area contributed by atoms with Gasteiger partial charge in [-0.2, -0.15) is 0 Å². The molecule has 1 heterocycles. The number of benzene rings is 1. The number of aryl methyl sites for hydroxylation is 1. The van der Waals surface area contributed by atoms with Crippen molar-refractivity contribution in [3.63, 3.8) is 0 Å². The van der Waals surface area contributed by atoms with E-state index in [-0.39, 0.29) is 23.2 Å². The van der Waals surface area contributed by atoms with E-state index in [9.17, 15) is 13.6 Å². The molecule has 0 aliphatic heterocycles. The molecule has 8 heteroatoms. The largest absolute Gasteiger partial charge is 0.383 e. The summed E-state index contributed by atoms with van der Waals surface area (Å²) in [6.45, 7) is 2.43. The Kier molecular flexibility index (Phi) is 5.53. The molecular formula is C15H16F2N4O2. The lowest BCUT2D eigenvalue weighted by Gasteiger charge is -2.09. The number of anilines is 2. The Labute approximate surface area is 131 Å². The molecule has 0 aliphatic carbocycles. The second kappa shape index (κ2) is 7.59. The Morgan fingerprint density at radius 2 is 2.00 bits per heavy atom. The van der Waals surface area contributed by atoms with Gasteiger partial charge in [0, 0.05) is 31.1 Å². The predicted octanol–water partition coefficient (Wildman–Crippen LogP) is 2.18. The number of carbonyl (C=O) groups excluding carboxylic acids is 1. The van der Waals surface area contributed by atoms with Crippen LogP contribution in [-0.4, -0.2) is 36.1 Å². The van der Waals surface area contributed by atoms with Crippen molar-refractivity contribution in [1.82, 2.24) is 15.3 Å². The highest BCUT2D eigenvalue weighted by Gasteiger charge is 2.11. The van der Waals surface area contributed by atoms with Crippen molar-refractivity contribution in [2.75, 3.05) is 25.6 Å². The number of amides is 1. The molecule has 1 amide bonds. The lowest BCUT2D eigenvalue weighted by Crippen LogP contribution is -2.28. The number of hydrogen-bond donors (Lipinski definition) is 2. The summed E-state index contributed by atoms with van der Waals surface area (Å²) in [7, 11) is 1.53. The summed E-state index contributed by atoms with van der Waals surface area (Å²) in [5, 5.41) is 5.38. The molecule has 0 fully saturated rings. The maximum atomic E-state index is 13.2. The van der Waals surface area contributed by atoms with Crippen molar-refractivity contribution in [2.24, 2.45) is 0 Å². The van der Waals surface area contributed by atoms with Crippen LogP contribution in [0.2, 0.25) is 0 Å². The molecule has 1 aromatic carbocycles. The molecule has 1 aromatic heterocycles. The molecule has 0 bridgehead atoms. The maximum absolute atomic E-state index is 13.2. The maximum Gasteiger partial charge on any atom is 0.270 e. The van der Waals surface area contributed by atoms with Gasteiger partial charge in [0.2, 0.25) is 5.95 Å². The lowest BCUT2D eigenvalue weighted by molar-refractivity contribution is 0.0932. The van der Waals surface area contributed by atoms with Crippen LogP contribution in [0, 0.1) is 18.6 Å². The molecule has 23 heavy (non-hydrogen) atoms. The van der Waals surface area contributed by atoms with E-state index in [1.54, 1.807) is 6.92 Å². The van der Waals surface area contributed by atoms with Gasteiger partial charge < -0.3 is 15.4 Å². The molecule has 0 spiro atoms. The molecule has 2 rings (SSSR count). The van der Waals surface area contributed by atoms with Crippen molar-refractivity contribution in [3.8, 4) is 0 Å². The first-order chi connectivity index (χ1) is 11.0. The molecule has 0 saturated carbocycles. The van der Waals surface area contributed by atoms with E-state index in [4.69, 9.17) is 4.74 Å². The van der Waals surface area contributed by atoms with Gasteiger partial charge in [-0.25, -0.2) is 18.7 Å². The summed E-state index contributed by atoms with van der Waals surface area (Å²) in [5.41, 5.74) is 1.00. The van der Waals surface area contributed by atoms with E-state index >= 15 is 0 Å². The molecule has 0 atom stereocenters. The third-order valence-corrected chi connectivity index (χ3v) is 2.85. The summed E-state index contributed by atoms with van der Waals surface area (Å²) in [4.78, 5) is 20.2. The van der Waals surface area contributed by atoms with Crippen LogP contribution in [0.15, 0.2) is 24.3 Å². The second-order valence-electron chi connectivity index (χ2n) is 4.72. The summed E-state index contributed by atoms with van der Waals surface area (Å²) in [5.74, 6) is -2.19. The highest BCUT2D eigenvalue weighted by atomic mass is 19.2. The Morgan fingerprint density at radius 3 is 2.70 bits per heavy atom. The number of methoxy groups -OCH3 is 1. The number of rotatable bonds is 6. The fourth-order valence-electron chi connectivity index (χ4n) is 1.80. The minimum Gasteiger partial charge on any atom is -0.383 e. The van der Waals surface area contributed by atoms with Crippen molar-refractivity contribution in [2.45, 2.75) is 6.92 Å². The minimum absolute atomic E-state index is 0.118. The average Bonchev–Trinajstić information content (AvgIpc) is 2.50. The standard InChI is InChI=1S/C15H16F2N4O2/c1-9-7-13(14(22)18-5-6-23-2)21-15(19-9)20-10-3-4-11(16)12(17)8-10/h3-4,7-8H,5-6H2,1-2H3,(H,18,22)(H,19,20,21). The van der Waals surface area contributed by atoms with E-state index in [0.29, 0.717) is 18.8 Å². The number of carbonyl (C=O) groups is 1. The van der Waals surface area contributed by atoms with Gasteiger partial charge >= 0.3 is 0 Å². The third-order valence-electron chi connectivity index (χ3n) is 2.85. The fourth-order valence-corrected chi connectivity index (χ4v) is 1.80. The third kappa shape index (κ3) is 4.68. The topological polar surface area (TPSA) is 76.1 Å². The lowest BCUT2D eigenvalue weighted by atomic mass is 10.3. The van der Waals surface area contributed by atoms with Crippen molar-refractivity contribution in [3.05, 3.63) is 47.3 Å². The minimum atomic E-state index is -0.986. The zero-order chi connectivity index (χ0) is 16.8. The molecule has 2 N–H and O–H groups in total. The fraction of sp³-hybridized carbons (Fsp3) is 0.267. The van der Waals surface area contributed by atoms with Crippen LogP contribution in [0.4, 0.5) is 20.4 Å². The summed E-state index contributed by atoms with van der Waals surface area (Å²) < 4.78 is 31.0. The van der Waals surface area contributed by atoms with Crippen LogP contribution in [0.25, 0.3) is 0 Å². The van der Waals surface area contributed by atoms with Gasteiger partial charge in [-0.3, -0.25) is 4.79 Å². The van der Waals surface area contributed by atoms with Gasteiger partial charge in [0.1, 0.15) is 5.69 Å². The molecule has 0 aliphatic rings. The Bertz CT molecular complexity index is 710. The first-order valence-corrected chi connectivity index (χ1v) is 6.84. The van der Waals surface area contributed by atoms with Crippen molar-refractivity contribution in [1.29, 1.82) is 0 Å². The average molecular weight is 322 g/mol. The number of nitrogens with one attached hydrogen (secondary N) is 2. The zero-order valence-corrected chi connectivity index (χ0v) is 12.7. The first-order valence-electron chi connectivity index (χ1n) is 6.84. The normalized spacial score (nSPS) is 10.4. The van der Waals surface area contributed by atoms with Crippen LogP contribution in [0.3, 0.4) is 0 Å². The molecule has 122 valence electrons. The molecule has 2 aromatic rings. The Hall–Kier alpha value is -2.61. The van der Waals surface area contributed by atoms with Crippen molar-refractivity contribution < 1.29 is 18.3 Å². The molecule has 0 radical (unpaired) electrons. The van der Waals surface area contributed by atoms with Crippen LogP contribution >= 0.6 is 0 Å². The molecular weight excluding hydrogens is 306 g/mol.